The number of hydrogen-bond acceptors (Lipinski definition) is 5. The minimum absolute atomic E-state index is 0.00210. The van der Waals surface area contributed by atoms with Crippen LogP contribution in [0.1, 0.15) is 18.4 Å². The lowest BCUT2D eigenvalue weighted by Gasteiger charge is -2.21. The zero-order valence-corrected chi connectivity index (χ0v) is 15.0. The van der Waals surface area contributed by atoms with E-state index in [-0.39, 0.29) is 29.8 Å². The van der Waals surface area contributed by atoms with Crippen molar-refractivity contribution in [1.82, 2.24) is 0 Å². The second-order valence-corrected chi connectivity index (χ2v) is 6.74. The van der Waals surface area contributed by atoms with Crippen molar-refractivity contribution in [1.29, 1.82) is 0 Å². The number of rotatable bonds is 3. The molecule has 0 radical (unpaired) electrons. The first-order valence-corrected chi connectivity index (χ1v) is 8.54. The van der Waals surface area contributed by atoms with Gasteiger partial charge >= 0.3 is 0 Å². The number of halogens is 2. The standard InChI is InChI=1S/C19H14ClFN2O4/c1-26-16-7-6-11(20)8-15(16)23-17(24)10-19(18(23)25)9-14(22-27-19)12-4-2-3-5-13(12)21/h2-8H,9-10H2,1H3/t19-/m0/s1. The molecule has 1 fully saturated rings. The van der Waals surface area contributed by atoms with E-state index in [0.29, 0.717) is 10.8 Å². The number of anilines is 1. The van der Waals surface area contributed by atoms with Gasteiger partial charge in [0.1, 0.15) is 11.6 Å². The van der Waals surface area contributed by atoms with Crippen LogP contribution in [-0.2, 0) is 14.4 Å². The third-order valence-corrected chi connectivity index (χ3v) is 4.86. The van der Waals surface area contributed by atoms with Crippen LogP contribution in [0.4, 0.5) is 10.1 Å². The fourth-order valence-electron chi connectivity index (χ4n) is 3.32. The maximum Gasteiger partial charge on any atom is 0.281 e. The highest BCUT2D eigenvalue weighted by Gasteiger charge is 2.58. The van der Waals surface area contributed by atoms with Crippen LogP contribution in [-0.4, -0.2) is 30.2 Å². The number of nitrogens with zero attached hydrogens (tertiary/aromatic N) is 2. The summed E-state index contributed by atoms with van der Waals surface area (Å²) in [5.74, 6) is -1.19. The van der Waals surface area contributed by atoms with Gasteiger partial charge in [-0.15, -0.1) is 0 Å². The summed E-state index contributed by atoms with van der Waals surface area (Å²) in [5, 5.41) is 4.24. The summed E-state index contributed by atoms with van der Waals surface area (Å²) in [5.41, 5.74) is -0.718. The highest BCUT2D eigenvalue weighted by Crippen LogP contribution is 2.42. The van der Waals surface area contributed by atoms with Crippen LogP contribution in [0.15, 0.2) is 47.6 Å². The largest absolute Gasteiger partial charge is 0.495 e. The van der Waals surface area contributed by atoms with Crippen LogP contribution < -0.4 is 9.64 Å². The number of carbonyl (C=O) groups is 2. The third-order valence-electron chi connectivity index (χ3n) is 4.63. The molecule has 1 spiro atoms. The average molecular weight is 389 g/mol. The van der Waals surface area contributed by atoms with Crippen LogP contribution in [0.3, 0.4) is 0 Å². The molecule has 6 nitrogen and oxygen atoms in total. The number of hydrogen-bond donors (Lipinski definition) is 0. The van der Waals surface area contributed by atoms with Crippen molar-refractivity contribution in [3.05, 3.63) is 58.9 Å². The Bertz CT molecular complexity index is 993. The molecule has 2 amide bonds. The van der Waals surface area contributed by atoms with Crippen molar-refractivity contribution >= 4 is 34.8 Å². The molecule has 0 aromatic heterocycles. The van der Waals surface area contributed by atoms with E-state index in [4.69, 9.17) is 21.2 Å². The lowest BCUT2D eigenvalue weighted by atomic mass is 9.92. The first kappa shape index (κ1) is 17.5. The van der Waals surface area contributed by atoms with E-state index in [0.717, 1.165) is 4.90 Å². The summed E-state index contributed by atoms with van der Waals surface area (Å²) in [6, 6.07) is 10.7. The predicted molar refractivity (Wildman–Crippen MR) is 96.5 cm³/mol. The Balaban J connectivity index is 1.67. The average Bonchev–Trinajstić information content (AvgIpc) is 3.17. The Labute approximate surface area is 159 Å². The molecule has 1 atom stereocenters. The minimum atomic E-state index is -1.48. The molecule has 138 valence electrons. The monoisotopic (exact) mass is 388 g/mol. The first-order chi connectivity index (χ1) is 12.9. The minimum Gasteiger partial charge on any atom is -0.495 e. The van der Waals surface area contributed by atoms with Gasteiger partial charge in [0.15, 0.2) is 0 Å². The molecule has 0 bridgehead atoms. The maximum absolute atomic E-state index is 14.0. The van der Waals surface area contributed by atoms with E-state index >= 15 is 0 Å². The van der Waals surface area contributed by atoms with Gasteiger partial charge in [-0.3, -0.25) is 9.59 Å². The molecule has 2 heterocycles. The predicted octanol–water partition coefficient (Wildman–Crippen LogP) is 3.31. The van der Waals surface area contributed by atoms with Gasteiger partial charge in [0.25, 0.3) is 5.91 Å². The van der Waals surface area contributed by atoms with Crippen LogP contribution in [0.2, 0.25) is 5.02 Å². The van der Waals surface area contributed by atoms with E-state index < -0.39 is 23.2 Å². The number of imide groups is 1. The van der Waals surface area contributed by atoms with E-state index in [2.05, 4.69) is 5.16 Å². The van der Waals surface area contributed by atoms with E-state index in [9.17, 15) is 14.0 Å². The first-order valence-electron chi connectivity index (χ1n) is 8.16. The molecule has 8 heteroatoms. The van der Waals surface area contributed by atoms with Gasteiger partial charge in [-0.2, -0.15) is 0 Å². The molecule has 27 heavy (non-hydrogen) atoms. The molecular formula is C19H14ClFN2O4. The highest BCUT2D eigenvalue weighted by atomic mass is 35.5. The van der Waals surface area contributed by atoms with Crippen molar-refractivity contribution < 1.29 is 23.6 Å². The van der Waals surface area contributed by atoms with Crippen molar-refractivity contribution in [3.8, 4) is 5.75 Å². The Kier molecular flexibility index (Phi) is 4.11. The number of benzene rings is 2. The summed E-state index contributed by atoms with van der Waals surface area (Å²) in [6.07, 6.45) is -0.207. The molecule has 2 aliphatic heterocycles. The van der Waals surface area contributed by atoms with E-state index in [1.807, 2.05) is 0 Å². The normalized spacial score (nSPS) is 21.6. The van der Waals surface area contributed by atoms with Crippen molar-refractivity contribution in [3.63, 3.8) is 0 Å². The van der Waals surface area contributed by atoms with Crippen molar-refractivity contribution in [2.24, 2.45) is 5.16 Å². The van der Waals surface area contributed by atoms with Gasteiger partial charge in [0.2, 0.25) is 11.5 Å². The lowest BCUT2D eigenvalue weighted by Crippen LogP contribution is -2.41. The molecule has 2 aromatic rings. The van der Waals surface area contributed by atoms with Gasteiger partial charge in [0, 0.05) is 17.0 Å². The number of carbonyl (C=O) groups excluding carboxylic acids is 2. The summed E-state index contributed by atoms with van der Waals surface area (Å²) in [6.45, 7) is 0. The SMILES string of the molecule is COc1ccc(Cl)cc1N1C(=O)C[C@@]2(CC(c3ccccc3F)=NO2)C1=O. The summed E-state index contributed by atoms with van der Waals surface area (Å²) >= 11 is 6.02. The molecule has 2 aromatic carbocycles. The second kappa shape index (κ2) is 6.35. The van der Waals surface area contributed by atoms with Crippen LogP contribution >= 0.6 is 11.6 Å². The van der Waals surface area contributed by atoms with Crippen molar-refractivity contribution in [2.75, 3.05) is 12.0 Å². The van der Waals surface area contributed by atoms with Crippen LogP contribution in [0, 0.1) is 5.82 Å². The van der Waals surface area contributed by atoms with Gasteiger partial charge < -0.3 is 9.57 Å². The summed E-state index contributed by atoms with van der Waals surface area (Å²) in [7, 11) is 1.43. The van der Waals surface area contributed by atoms with Gasteiger partial charge in [-0.1, -0.05) is 35.0 Å². The molecule has 1 saturated heterocycles. The zero-order valence-electron chi connectivity index (χ0n) is 14.2. The second-order valence-electron chi connectivity index (χ2n) is 6.31. The maximum atomic E-state index is 14.0. The number of ether oxygens (including phenoxy) is 1. The molecule has 0 aliphatic carbocycles. The van der Waals surface area contributed by atoms with E-state index in [1.54, 1.807) is 30.3 Å². The summed E-state index contributed by atoms with van der Waals surface area (Å²) in [4.78, 5) is 32.1. The van der Waals surface area contributed by atoms with Gasteiger partial charge in [0.05, 0.1) is 24.9 Å². The summed E-state index contributed by atoms with van der Waals surface area (Å²) < 4.78 is 19.3. The topological polar surface area (TPSA) is 68.2 Å². The van der Waals surface area contributed by atoms with E-state index in [1.165, 1.54) is 19.2 Å². The van der Waals surface area contributed by atoms with Gasteiger partial charge in [-0.05, 0) is 24.3 Å². The fraction of sp³-hybridized carbons (Fsp3) is 0.211. The van der Waals surface area contributed by atoms with Crippen LogP contribution in [0.5, 0.6) is 5.75 Å². The molecule has 0 N–H and O–H groups in total. The smallest absolute Gasteiger partial charge is 0.281 e. The van der Waals surface area contributed by atoms with Crippen molar-refractivity contribution in [2.45, 2.75) is 18.4 Å². The zero-order chi connectivity index (χ0) is 19.2. The number of oxime groups is 1. The Morgan fingerprint density at radius 2 is 2.00 bits per heavy atom. The number of methoxy groups -OCH3 is 1. The van der Waals surface area contributed by atoms with Crippen LogP contribution in [0.25, 0.3) is 0 Å². The molecule has 0 unspecified atom stereocenters. The Hall–Kier alpha value is -2.93. The molecule has 4 rings (SSSR count). The lowest BCUT2D eigenvalue weighted by molar-refractivity contribution is -0.136. The number of amides is 2. The Morgan fingerprint density at radius 1 is 1.22 bits per heavy atom. The van der Waals surface area contributed by atoms with Gasteiger partial charge in [-0.25, -0.2) is 9.29 Å². The molecule has 2 aliphatic rings. The fourth-order valence-corrected chi connectivity index (χ4v) is 3.49. The Morgan fingerprint density at radius 3 is 2.74 bits per heavy atom. The molecule has 0 saturated carbocycles. The molecular weight excluding hydrogens is 375 g/mol. The quantitative estimate of drug-likeness (QED) is 0.756. The third kappa shape index (κ3) is 2.75. The highest BCUT2D eigenvalue weighted by molar-refractivity contribution is 6.32.